The van der Waals surface area contributed by atoms with Gasteiger partial charge in [-0.3, -0.25) is 0 Å². The number of benzene rings is 1. The molecule has 1 unspecified atom stereocenters. The van der Waals surface area contributed by atoms with Gasteiger partial charge in [-0.25, -0.2) is 0 Å². The number of rotatable bonds is 9. The minimum atomic E-state index is -0.479. The second kappa shape index (κ2) is 10.7. The Morgan fingerprint density at radius 3 is 2.75 bits per heavy atom. The number of halogens is 1. The Bertz CT molecular complexity index is 502. The summed E-state index contributed by atoms with van der Waals surface area (Å²) in [7, 11) is 0. The molecule has 134 valence electrons. The molecular formula is C19H29ClN2O2. The molecular weight excluding hydrogens is 324 g/mol. The summed E-state index contributed by atoms with van der Waals surface area (Å²) in [4.78, 5) is 2.34. The topological polar surface area (TPSA) is 44.7 Å². The normalized spacial score (nSPS) is 17.2. The minimum Gasteiger partial charge on any atom is -0.491 e. The van der Waals surface area contributed by atoms with Gasteiger partial charge in [-0.15, -0.1) is 6.58 Å². The molecule has 0 aliphatic carbocycles. The van der Waals surface area contributed by atoms with Gasteiger partial charge in [-0.2, -0.15) is 0 Å². The first-order valence-corrected chi connectivity index (χ1v) is 9.20. The average Bonchev–Trinajstić information content (AvgIpc) is 2.83. The van der Waals surface area contributed by atoms with E-state index in [-0.39, 0.29) is 0 Å². The standard InChI is InChI=1S/C19H29ClN2O2/c1-2-9-21-13-16-12-17(20)7-8-19(16)24-15-18(23)14-22-10-5-3-4-6-11-22/h2,7-8,12,18,21,23H,1,3-6,9-11,13-15H2. The fraction of sp³-hybridized carbons (Fsp3) is 0.579. The van der Waals surface area contributed by atoms with Crippen molar-refractivity contribution < 1.29 is 9.84 Å². The van der Waals surface area contributed by atoms with E-state index in [1.807, 2.05) is 24.3 Å². The molecule has 1 aliphatic rings. The molecule has 1 aliphatic heterocycles. The van der Waals surface area contributed by atoms with Crippen molar-refractivity contribution in [1.82, 2.24) is 10.2 Å². The maximum absolute atomic E-state index is 10.3. The molecule has 1 fully saturated rings. The van der Waals surface area contributed by atoms with Gasteiger partial charge < -0.3 is 20.1 Å². The molecule has 5 heteroatoms. The molecule has 2 rings (SSSR count). The van der Waals surface area contributed by atoms with Crippen LogP contribution in [-0.4, -0.2) is 48.9 Å². The molecule has 1 atom stereocenters. The van der Waals surface area contributed by atoms with Crippen molar-refractivity contribution in [2.24, 2.45) is 0 Å². The third-order valence-electron chi connectivity index (χ3n) is 4.23. The van der Waals surface area contributed by atoms with Gasteiger partial charge in [-0.05, 0) is 44.1 Å². The van der Waals surface area contributed by atoms with E-state index >= 15 is 0 Å². The summed E-state index contributed by atoms with van der Waals surface area (Å²) in [6.45, 7) is 8.21. The van der Waals surface area contributed by atoms with E-state index in [4.69, 9.17) is 16.3 Å². The van der Waals surface area contributed by atoms with Gasteiger partial charge in [0.2, 0.25) is 0 Å². The molecule has 4 nitrogen and oxygen atoms in total. The molecule has 0 bridgehead atoms. The van der Waals surface area contributed by atoms with Crippen LogP contribution in [0.15, 0.2) is 30.9 Å². The number of hydrogen-bond donors (Lipinski definition) is 2. The number of aliphatic hydroxyl groups excluding tert-OH is 1. The molecule has 1 saturated heterocycles. The van der Waals surface area contributed by atoms with Gasteiger partial charge in [-0.1, -0.05) is 30.5 Å². The van der Waals surface area contributed by atoms with Crippen molar-refractivity contribution in [3.05, 3.63) is 41.4 Å². The summed E-state index contributed by atoms with van der Waals surface area (Å²) in [6.07, 6.45) is 6.39. The zero-order chi connectivity index (χ0) is 17.2. The molecule has 1 heterocycles. The Hall–Kier alpha value is -1.07. The van der Waals surface area contributed by atoms with Crippen LogP contribution in [-0.2, 0) is 6.54 Å². The second-order valence-electron chi connectivity index (χ2n) is 6.35. The van der Waals surface area contributed by atoms with Crippen LogP contribution in [0, 0.1) is 0 Å². The summed E-state index contributed by atoms with van der Waals surface area (Å²) < 4.78 is 5.86. The van der Waals surface area contributed by atoms with Crippen molar-refractivity contribution in [3.63, 3.8) is 0 Å². The molecule has 0 saturated carbocycles. The summed E-state index contributed by atoms with van der Waals surface area (Å²) in [5.41, 5.74) is 0.992. The number of hydrogen-bond acceptors (Lipinski definition) is 4. The summed E-state index contributed by atoms with van der Waals surface area (Å²) in [5, 5.41) is 14.2. The largest absolute Gasteiger partial charge is 0.491 e. The SMILES string of the molecule is C=CCNCc1cc(Cl)ccc1OCC(O)CN1CCCCCC1. The van der Waals surface area contributed by atoms with Gasteiger partial charge in [0.1, 0.15) is 18.5 Å². The molecule has 1 aromatic rings. The van der Waals surface area contributed by atoms with E-state index in [9.17, 15) is 5.11 Å². The number of ether oxygens (including phenoxy) is 1. The maximum Gasteiger partial charge on any atom is 0.124 e. The Labute approximate surface area is 150 Å². The van der Waals surface area contributed by atoms with E-state index < -0.39 is 6.10 Å². The summed E-state index contributed by atoms with van der Waals surface area (Å²) in [5.74, 6) is 0.769. The first-order chi connectivity index (χ1) is 11.7. The minimum absolute atomic E-state index is 0.298. The van der Waals surface area contributed by atoms with Crippen molar-refractivity contribution in [2.45, 2.75) is 38.3 Å². The van der Waals surface area contributed by atoms with E-state index in [1.54, 1.807) is 0 Å². The highest BCUT2D eigenvalue weighted by Crippen LogP contribution is 2.23. The van der Waals surface area contributed by atoms with E-state index in [0.29, 0.717) is 24.7 Å². The molecule has 0 radical (unpaired) electrons. The van der Waals surface area contributed by atoms with Crippen LogP contribution >= 0.6 is 11.6 Å². The van der Waals surface area contributed by atoms with Gasteiger partial charge >= 0.3 is 0 Å². The number of likely N-dealkylation sites (tertiary alicyclic amines) is 1. The average molecular weight is 353 g/mol. The summed E-state index contributed by atoms with van der Waals surface area (Å²) >= 11 is 6.08. The van der Waals surface area contributed by atoms with E-state index in [1.165, 1.54) is 25.7 Å². The lowest BCUT2D eigenvalue weighted by molar-refractivity contribution is 0.0690. The molecule has 24 heavy (non-hydrogen) atoms. The van der Waals surface area contributed by atoms with Crippen molar-refractivity contribution in [2.75, 3.05) is 32.8 Å². The fourth-order valence-corrected chi connectivity index (χ4v) is 3.19. The van der Waals surface area contributed by atoms with Crippen LogP contribution in [0.4, 0.5) is 0 Å². The van der Waals surface area contributed by atoms with Crippen LogP contribution in [0.3, 0.4) is 0 Å². The zero-order valence-corrected chi connectivity index (χ0v) is 15.1. The van der Waals surface area contributed by atoms with Gasteiger partial charge in [0.05, 0.1) is 0 Å². The van der Waals surface area contributed by atoms with Crippen LogP contribution < -0.4 is 10.1 Å². The molecule has 0 aromatic heterocycles. The fourth-order valence-electron chi connectivity index (χ4n) is 2.99. The Morgan fingerprint density at radius 2 is 2.04 bits per heavy atom. The quantitative estimate of drug-likeness (QED) is 0.529. The lowest BCUT2D eigenvalue weighted by Crippen LogP contribution is -2.36. The molecule has 2 N–H and O–H groups in total. The second-order valence-corrected chi connectivity index (χ2v) is 6.79. The third kappa shape index (κ3) is 6.81. The van der Waals surface area contributed by atoms with Crippen LogP contribution in [0.1, 0.15) is 31.2 Å². The highest BCUT2D eigenvalue weighted by atomic mass is 35.5. The summed E-state index contributed by atoms with van der Waals surface area (Å²) in [6, 6.07) is 5.58. The van der Waals surface area contributed by atoms with Crippen LogP contribution in [0.5, 0.6) is 5.75 Å². The lowest BCUT2D eigenvalue weighted by atomic mass is 10.2. The first kappa shape index (κ1) is 19.3. The zero-order valence-electron chi connectivity index (χ0n) is 14.3. The van der Waals surface area contributed by atoms with Crippen molar-refractivity contribution in [1.29, 1.82) is 0 Å². The van der Waals surface area contributed by atoms with Gasteiger partial charge in [0, 0.05) is 30.2 Å². The van der Waals surface area contributed by atoms with Gasteiger partial charge in [0.15, 0.2) is 0 Å². The van der Waals surface area contributed by atoms with E-state index in [2.05, 4.69) is 16.8 Å². The Kier molecular flexibility index (Phi) is 8.60. The maximum atomic E-state index is 10.3. The Balaban J connectivity index is 1.84. The third-order valence-corrected chi connectivity index (χ3v) is 4.46. The molecule has 1 aromatic carbocycles. The first-order valence-electron chi connectivity index (χ1n) is 8.82. The number of nitrogens with zero attached hydrogens (tertiary/aromatic N) is 1. The number of nitrogens with one attached hydrogen (secondary N) is 1. The van der Waals surface area contributed by atoms with Crippen LogP contribution in [0.2, 0.25) is 5.02 Å². The lowest BCUT2D eigenvalue weighted by Gasteiger charge is -2.23. The Morgan fingerprint density at radius 1 is 1.29 bits per heavy atom. The molecule has 0 spiro atoms. The van der Waals surface area contributed by atoms with Gasteiger partial charge in [0.25, 0.3) is 0 Å². The monoisotopic (exact) mass is 352 g/mol. The predicted molar refractivity (Wildman–Crippen MR) is 99.8 cm³/mol. The number of aliphatic hydroxyl groups is 1. The van der Waals surface area contributed by atoms with Crippen molar-refractivity contribution in [3.8, 4) is 5.75 Å². The predicted octanol–water partition coefficient (Wildman–Crippen LogP) is 3.23. The van der Waals surface area contributed by atoms with Crippen molar-refractivity contribution >= 4 is 11.6 Å². The highest BCUT2D eigenvalue weighted by molar-refractivity contribution is 6.30. The van der Waals surface area contributed by atoms with E-state index in [0.717, 1.165) is 30.9 Å². The smallest absolute Gasteiger partial charge is 0.124 e. The molecule has 0 amide bonds. The highest BCUT2D eigenvalue weighted by Gasteiger charge is 2.15. The number of β-amino-alcohol motifs (C(OH)–C–C–N with tert-alkyl or cyclic N) is 1. The van der Waals surface area contributed by atoms with Crippen LogP contribution in [0.25, 0.3) is 0 Å².